The molecule has 0 aromatic carbocycles. The predicted molar refractivity (Wildman–Crippen MR) is 31.3 cm³/mol. The van der Waals surface area contributed by atoms with Gasteiger partial charge in [-0.1, -0.05) is 6.92 Å². The van der Waals surface area contributed by atoms with Crippen LogP contribution in [-0.2, 0) is 4.74 Å². The Morgan fingerprint density at radius 3 is 2.50 bits per heavy atom. The van der Waals surface area contributed by atoms with Crippen molar-refractivity contribution in [3.8, 4) is 6.07 Å². The van der Waals surface area contributed by atoms with Crippen molar-refractivity contribution in [2.45, 2.75) is 25.9 Å². The summed E-state index contributed by atoms with van der Waals surface area (Å²) in [6, 6.07) is 2.04. The third kappa shape index (κ3) is 2.59. The third-order valence-corrected chi connectivity index (χ3v) is 1.11. The lowest BCUT2D eigenvalue weighted by molar-refractivity contribution is 0.103. The van der Waals surface area contributed by atoms with E-state index in [1.807, 2.05) is 13.0 Å². The Hall–Kier alpha value is -0.550. The van der Waals surface area contributed by atoms with Crippen molar-refractivity contribution in [1.29, 1.82) is 5.26 Å². The van der Waals surface area contributed by atoms with Gasteiger partial charge in [-0.25, -0.2) is 0 Å². The van der Waals surface area contributed by atoms with Crippen molar-refractivity contribution >= 4 is 0 Å². The zero-order valence-corrected chi connectivity index (χ0v) is 5.35. The minimum atomic E-state index is 0.139. The summed E-state index contributed by atoms with van der Waals surface area (Å²) in [6.45, 7) is 2.01. The van der Waals surface area contributed by atoms with Crippen molar-refractivity contribution in [3.63, 3.8) is 0 Å². The van der Waals surface area contributed by atoms with Gasteiger partial charge in [0.25, 0.3) is 0 Å². The molecule has 0 saturated heterocycles. The van der Waals surface area contributed by atoms with Crippen LogP contribution in [0.2, 0.25) is 0 Å². The molecule has 2 nitrogen and oxygen atoms in total. The summed E-state index contributed by atoms with van der Waals surface area (Å²) < 4.78 is 4.92. The van der Waals surface area contributed by atoms with Gasteiger partial charge in [-0.15, -0.1) is 0 Å². The fraction of sp³-hybridized carbons (Fsp3) is 0.833. The lowest BCUT2D eigenvalue weighted by atomic mass is 10.2. The van der Waals surface area contributed by atoms with Crippen LogP contribution in [0.15, 0.2) is 0 Å². The van der Waals surface area contributed by atoms with Crippen molar-refractivity contribution < 1.29 is 4.74 Å². The molecule has 46 valence electrons. The summed E-state index contributed by atoms with van der Waals surface area (Å²) in [5.41, 5.74) is 0. The van der Waals surface area contributed by atoms with E-state index in [2.05, 4.69) is 0 Å². The molecule has 0 aliphatic carbocycles. The molecule has 0 rings (SSSR count). The summed E-state index contributed by atoms with van der Waals surface area (Å²) >= 11 is 0. The van der Waals surface area contributed by atoms with Crippen LogP contribution in [0.1, 0.15) is 19.8 Å². The van der Waals surface area contributed by atoms with E-state index in [9.17, 15) is 0 Å². The van der Waals surface area contributed by atoms with Crippen LogP contribution in [0.3, 0.4) is 0 Å². The van der Waals surface area contributed by atoms with E-state index < -0.39 is 0 Å². The molecule has 0 saturated carbocycles. The first-order chi connectivity index (χ1) is 3.85. The first-order valence-corrected chi connectivity index (χ1v) is 2.74. The van der Waals surface area contributed by atoms with E-state index in [-0.39, 0.29) is 6.10 Å². The molecule has 0 aromatic heterocycles. The average molecular weight is 113 g/mol. The number of ether oxygens (including phenoxy) is 1. The van der Waals surface area contributed by atoms with E-state index in [0.717, 1.165) is 6.42 Å². The van der Waals surface area contributed by atoms with E-state index in [1.165, 1.54) is 0 Å². The molecule has 2 heteroatoms. The molecular formula is C6H11NO. The van der Waals surface area contributed by atoms with E-state index in [1.54, 1.807) is 7.11 Å². The van der Waals surface area contributed by atoms with Crippen LogP contribution < -0.4 is 0 Å². The van der Waals surface area contributed by atoms with Crippen molar-refractivity contribution in [2.75, 3.05) is 7.11 Å². The summed E-state index contributed by atoms with van der Waals surface area (Å²) in [6.07, 6.45) is 1.57. The Kier molecular flexibility index (Phi) is 4.29. The topological polar surface area (TPSA) is 33.0 Å². The van der Waals surface area contributed by atoms with Gasteiger partial charge >= 0.3 is 0 Å². The first kappa shape index (κ1) is 7.45. The maximum absolute atomic E-state index is 8.17. The smallest absolute Gasteiger partial charge is 0.0698 e. The van der Waals surface area contributed by atoms with Gasteiger partial charge in [0.05, 0.1) is 18.6 Å². The Morgan fingerprint density at radius 2 is 2.38 bits per heavy atom. The molecular weight excluding hydrogens is 102 g/mol. The fourth-order valence-corrected chi connectivity index (χ4v) is 0.496. The van der Waals surface area contributed by atoms with Crippen LogP contribution in [-0.4, -0.2) is 13.2 Å². The summed E-state index contributed by atoms with van der Waals surface area (Å²) in [5.74, 6) is 0. The van der Waals surface area contributed by atoms with Gasteiger partial charge in [0.1, 0.15) is 0 Å². The molecule has 0 heterocycles. The number of hydrogen-bond acceptors (Lipinski definition) is 2. The molecule has 0 radical (unpaired) electrons. The Labute approximate surface area is 50.1 Å². The number of nitriles is 1. The number of nitrogens with zero attached hydrogens (tertiary/aromatic N) is 1. The van der Waals surface area contributed by atoms with Crippen LogP contribution >= 0.6 is 0 Å². The second kappa shape index (κ2) is 4.61. The van der Waals surface area contributed by atoms with E-state index in [0.29, 0.717) is 6.42 Å². The largest absolute Gasteiger partial charge is 0.380 e. The minimum Gasteiger partial charge on any atom is -0.380 e. The van der Waals surface area contributed by atoms with Crippen molar-refractivity contribution in [3.05, 3.63) is 0 Å². The van der Waals surface area contributed by atoms with Crippen molar-refractivity contribution in [2.24, 2.45) is 0 Å². The Balaban J connectivity index is 3.25. The monoisotopic (exact) mass is 113 g/mol. The maximum atomic E-state index is 8.17. The SMILES string of the molecule is CC[C@H](CC#N)OC. The zero-order valence-electron chi connectivity index (χ0n) is 5.35. The van der Waals surface area contributed by atoms with Gasteiger partial charge in [0.15, 0.2) is 0 Å². The fourth-order valence-electron chi connectivity index (χ4n) is 0.496. The summed E-state index contributed by atoms with van der Waals surface area (Å²) in [4.78, 5) is 0. The third-order valence-electron chi connectivity index (χ3n) is 1.11. The average Bonchev–Trinajstić information content (AvgIpc) is 1.83. The lowest BCUT2D eigenvalue weighted by Gasteiger charge is -2.05. The molecule has 0 fully saturated rings. The summed E-state index contributed by atoms with van der Waals surface area (Å²) in [5, 5.41) is 8.17. The van der Waals surface area contributed by atoms with E-state index >= 15 is 0 Å². The van der Waals surface area contributed by atoms with Crippen LogP contribution in [0.5, 0.6) is 0 Å². The standard InChI is InChI=1S/C6H11NO/c1-3-6(8-2)4-5-7/h6H,3-4H2,1-2H3/t6-/m1/s1. The Morgan fingerprint density at radius 1 is 1.75 bits per heavy atom. The van der Waals surface area contributed by atoms with Crippen LogP contribution in [0.25, 0.3) is 0 Å². The van der Waals surface area contributed by atoms with Crippen molar-refractivity contribution in [1.82, 2.24) is 0 Å². The van der Waals surface area contributed by atoms with Crippen LogP contribution in [0.4, 0.5) is 0 Å². The van der Waals surface area contributed by atoms with Gasteiger partial charge < -0.3 is 4.74 Å². The molecule has 0 unspecified atom stereocenters. The lowest BCUT2D eigenvalue weighted by Crippen LogP contribution is -2.06. The van der Waals surface area contributed by atoms with Crippen LogP contribution in [0, 0.1) is 11.3 Å². The number of hydrogen-bond donors (Lipinski definition) is 0. The molecule has 0 aliphatic heterocycles. The second-order valence-corrected chi connectivity index (χ2v) is 1.63. The first-order valence-electron chi connectivity index (χ1n) is 2.74. The Bertz CT molecular complexity index is 81.0. The highest BCUT2D eigenvalue weighted by molar-refractivity contribution is 4.74. The highest BCUT2D eigenvalue weighted by atomic mass is 16.5. The van der Waals surface area contributed by atoms with Gasteiger partial charge in [-0.3, -0.25) is 0 Å². The molecule has 0 aliphatic rings. The van der Waals surface area contributed by atoms with E-state index in [4.69, 9.17) is 10.00 Å². The predicted octanol–water partition coefficient (Wildman–Crippen LogP) is 1.33. The quantitative estimate of drug-likeness (QED) is 0.553. The molecule has 0 aromatic rings. The molecule has 0 N–H and O–H groups in total. The number of rotatable bonds is 3. The molecule has 1 atom stereocenters. The normalized spacial score (nSPS) is 12.6. The zero-order chi connectivity index (χ0) is 6.41. The second-order valence-electron chi connectivity index (χ2n) is 1.63. The van der Waals surface area contributed by atoms with Gasteiger partial charge in [-0.2, -0.15) is 5.26 Å². The minimum absolute atomic E-state index is 0.139. The van der Waals surface area contributed by atoms with Gasteiger partial charge in [-0.05, 0) is 6.42 Å². The highest BCUT2D eigenvalue weighted by Crippen LogP contribution is 1.98. The molecule has 0 spiro atoms. The van der Waals surface area contributed by atoms with Gasteiger partial charge in [0.2, 0.25) is 0 Å². The molecule has 0 amide bonds. The highest BCUT2D eigenvalue weighted by Gasteiger charge is 1.99. The molecule has 8 heavy (non-hydrogen) atoms. The van der Waals surface area contributed by atoms with Gasteiger partial charge in [0, 0.05) is 7.11 Å². The summed E-state index contributed by atoms with van der Waals surface area (Å²) in [7, 11) is 1.63. The number of methoxy groups -OCH3 is 1. The molecule has 0 bridgehead atoms. The maximum Gasteiger partial charge on any atom is 0.0698 e.